The molecule has 2 unspecified atom stereocenters. The molecule has 0 aliphatic carbocycles. The summed E-state index contributed by atoms with van der Waals surface area (Å²) in [7, 11) is 1.44. The molecule has 1 aromatic heterocycles. The summed E-state index contributed by atoms with van der Waals surface area (Å²) in [6.45, 7) is 3.00. The fraction of sp³-hybridized carbons (Fsp3) is 0.278. The number of benzene rings is 1. The Hall–Kier alpha value is -3.40. The Bertz CT molecular complexity index is 998. The van der Waals surface area contributed by atoms with Crippen LogP contribution in [0.3, 0.4) is 0 Å². The molecule has 0 saturated heterocycles. The maximum absolute atomic E-state index is 12.9. The average molecular weight is 421 g/mol. The quantitative estimate of drug-likeness (QED) is 0.582. The molecular formula is C18H17ClN4O6. The van der Waals surface area contributed by atoms with Crippen molar-refractivity contribution in [3.05, 3.63) is 45.5 Å². The van der Waals surface area contributed by atoms with Gasteiger partial charge in [0.25, 0.3) is 11.7 Å². The van der Waals surface area contributed by atoms with Crippen molar-refractivity contribution in [2.24, 2.45) is 0 Å². The molecule has 0 saturated carbocycles. The van der Waals surface area contributed by atoms with E-state index in [4.69, 9.17) is 21.1 Å². The molecule has 1 aromatic carbocycles. The van der Waals surface area contributed by atoms with Crippen molar-refractivity contribution >= 4 is 40.7 Å². The number of rotatable bonds is 5. The van der Waals surface area contributed by atoms with Crippen molar-refractivity contribution in [3.63, 3.8) is 0 Å². The number of carbonyl (C=O) groups excluding carboxylic acids is 2. The van der Waals surface area contributed by atoms with Crippen LogP contribution in [-0.2, 0) is 9.59 Å². The minimum atomic E-state index is -1.05. The van der Waals surface area contributed by atoms with Crippen molar-refractivity contribution in [3.8, 4) is 11.5 Å². The van der Waals surface area contributed by atoms with Crippen LogP contribution in [0.15, 0.2) is 30.3 Å². The number of fused-ring (bicyclic) bond motifs is 1. The van der Waals surface area contributed by atoms with E-state index < -0.39 is 34.7 Å². The molecule has 29 heavy (non-hydrogen) atoms. The Morgan fingerprint density at radius 1 is 1.41 bits per heavy atom. The van der Waals surface area contributed by atoms with Gasteiger partial charge in [-0.1, -0.05) is 11.6 Å². The first-order valence-corrected chi connectivity index (χ1v) is 8.90. The summed E-state index contributed by atoms with van der Waals surface area (Å²) in [5.41, 5.74) is 0.317. The number of nitrogens with one attached hydrogen (secondary N) is 1. The second-order valence-corrected chi connectivity index (χ2v) is 6.66. The van der Waals surface area contributed by atoms with E-state index in [0.29, 0.717) is 16.5 Å². The third kappa shape index (κ3) is 3.92. The zero-order valence-corrected chi connectivity index (χ0v) is 16.5. The topological polar surface area (TPSA) is 124 Å². The van der Waals surface area contributed by atoms with Crippen molar-refractivity contribution in [2.45, 2.75) is 26.0 Å². The lowest BCUT2D eigenvalue weighted by Crippen LogP contribution is -2.53. The van der Waals surface area contributed by atoms with Crippen molar-refractivity contribution in [2.75, 3.05) is 17.3 Å². The molecule has 0 radical (unpaired) electrons. The molecule has 152 valence electrons. The monoisotopic (exact) mass is 420 g/mol. The van der Waals surface area contributed by atoms with Crippen LogP contribution in [0.1, 0.15) is 13.8 Å². The van der Waals surface area contributed by atoms with E-state index in [-0.39, 0.29) is 11.6 Å². The summed E-state index contributed by atoms with van der Waals surface area (Å²) in [6.07, 6.45) is -0.887. The van der Waals surface area contributed by atoms with E-state index in [2.05, 4.69) is 10.3 Å². The molecule has 11 heteroatoms. The average Bonchev–Trinajstić information content (AvgIpc) is 2.68. The zero-order chi connectivity index (χ0) is 21.3. The summed E-state index contributed by atoms with van der Waals surface area (Å²) in [5, 5.41) is 14.1. The predicted molar refractivity (Wildman–Crippen MR) is 105 cm³/mol. The van der Waals surface area contributed by atoms with Gasteiger partial charge in [-0.2, -0.15) is 0 Å². The highest BCUT2D eigenvalue weighted by Crippen LogP contribution is 2.36. The van der Waals surface area contributed by atoms with Crippen molar-refractivity contribution in [1.82, 2.24) is 4.98 Å². The van der Waals surface area contributed by atoms with Crippen LogP contribution in [0.2, 0.25) is 5.02 Å². The molecule has 0 bridgehead atoms. The molecule has 3 rings (SSSR count). The number of carbonyl (C=O) groups is 2. The van der Waals surface area contributed by atoms with Crippen LogP contribution >= 0.6 is 11.6 Å². The predicted octanol–water partition coefficient (Wildman–Crippen LogP) is 2.79. The number of aromatic nitrogens is 1. The molecule has 2 atom stereocenters. The number of nitro groups is 1. The van der Waals surface area contributed by atoms with Gasteiger partial charge < -0.3 is 24.9 Å². The summed E-state index contributed by atoms with van der Waals surface area (Å²) < 4.78 is 10.7. The molecule has 1 N–H and O–H groups in total. The summed E-state index contributed by atoms with van der Waals surface area (Å²) in [6, 6.07) is 6.16. The normalized spacial score (nSPS) is 16.5. The van der Waals surface area contributed by atoms with Crippen LogP contribution in [-0.4, -0.2) is 41.0 Å². The minimum Gasteiger partial charge on any atom is -0.495 e. The third-order valence-electron chi connectivity index (χ3n) is 4.31. The number of hydrogen-bond donors (Lipinski definition) is 1. The number of methoxy groups -OCH3 is 1. The smallest absolute Gasteiger partial charge is 0.366 e. The van der Waals surface area contributed by atoms with Gasteiger partial charge >= 0.3 is 5.82 Å². The number of hydrogen-bond acceptors (Lipinski definition) is 7. The number of amides is 2. The van der Waals surface area contributed by atoms with E-state index >= 15 is 0 Å². The van der Waals surface area contributed by atoms with E-state index in [1.54, 1.807) is 12.1 Å². The van der Waals surface area contributed by atoms with Gasteiger partial charge in [-0.3, -0.25) is 14.5 Å². The SMILES string of the molecule is COc1ccc(Cl)cc1NC(=O)C(C)N1C(=O)C(C)Oc2ccc([N+](=O)[O-])nc21. The minimum absolute atomic E-state index is 0.0944. The Morgan fingerprint density at radius 3 is 2.79 bits per heavy atom. The van der Waals surface area contributed by atoms with Gasteiger partial charge in [-0.15, -0.1) is 0 Å². The van der Waals surface area contributed by atoms with Gasteiger partial charge in [-0.25, -0.2) is 0 Å². The summed E-state index contributed by atoms with van der Waals surface area (Å²) in [4.78, 5) is 40.9. The Kier molecular flexibility index (Phi) is 5.55. The Balaban J connectivity index is 1.96. The van der Waals surface area contributed by atoms with E-state index in [1.807, 2.05) is 0 Å². The molecule has 1 aliphatic rings. The maximum Gasteiger partial charge on any atom is 0.366 e. The zero-order valence-electron chi connectivity index (χ0n) is 15.7. The molecule has 0 spiro atoms. The molecule has 2 amide bonds. The second kappa shape index (κ2) is 7.92. The van der Waals surface area contributed by atoms with Crippen LogP contribution in [0.5, 0.6) is 11.5 Å². The van der Waals surface area contributed by atoms with Crippen molar-refractivity contribution < 1.29 is 24.0 Å². The number of anilines is 2. The van der Waals surface area contributed by atoms with Gasteiger partial charge in [-0.05, 0) is 48.0 Å². The lowest BCUT2D eigenvalue weighted by Gasteiger charge is -2.32. The van der Waals surface area contributed by atoms with Crippen LogP contribution < -0.4 is 19.7 Å². The lowest BCUT2D eigenvalue weighted by atomic mass is 10.1. The van der Waals surface area contributed by atoms with Gasteiger partial charge in [0.15, 0.2) is 11.9 Å². The van der Waals surface area contributed by atoms with Gasteiger partial charge in [0.1, 0.15) is 11.8 Å². The summed E-state index contributed by atoms with van der Waals surface area (Å²) >= 11 is 5.98. The first kappa shape index (κ1) is 20.3. The van der Waals surface area contributed by atoms with Gasteiger partial charge in [0.05, 0.1) is 12.8 Å². The fourth-order valence-electron chi connectivity index (χ4n) is 2.84. The highest BCUT2D eigenvalue weighted by Gasteiger charge is 2.41. The van der Waals surface area contributed by atoms with E-state index in [1.165, 1.54) is 39.2 Å². The molecule has 2 heterocycles. The molecular weight excluding hydrogens is 404 g/mol. The largest absolute Gasteiger partial charge is 0.495 e. The summed E-state index contributed by atoms with van der Waals surface area (Å²) in [5.74, 6) is -1.13. The number of nitrogens with zero attached hydrogens (tertiary/aromatic N) is 3. The Morgan fingerprint density at radius 2 is 2.14 bits per heavy atom. The first-order chi connectivity index (χ1) is 13.7. The second-order valence-electron chi connectivity index (χ2n) is 6.23. The van der Waals surface area contributed by atoms with Gasteiger partial charge in [0, 0.05) is 11.1 Å². The van der Waals surface area contributed by atoms with Gasteiger partial charge in [0.2, 0.25) is 5.91 Å². The fourth-order valence-corrected chi connectivity index (χ4v) is 3.01. The Labute approximate surface area is 170 Å². The molecule has 1 aliphatic heterocycles. The van der Waals surface area contributed by atoms with Crippen LogP contribution in [0.25, 0.3) is 0 Å². The molecule has 10 nitrogen and oxygen atoms in total. The van der Waals surface area contributed by atoms with E-state index in [9.17, 15) is 19.7 Å². The number of pyridine rings is 1. The third-order valence-corrected chi connectivity index (χ3v) is 4.55. The molecule has 2 aromatic rings. The van der Waals surface area contributed by atoms with Crippen LogP contribution in [0, 0.1) is 10.1 Å². The maximum atomic E-state index is 12.9. The highest BCUT2D eigenvalue weighted by atomic mass is 35.5. The number of ether oxygens (including phenoxy) is 2. The highest BCUT2D eigenvalue weighted by molar-refractivity contribution is 6.31. The standard InChI is InChI=1S/C18H17ClN4O6/c1-9(17(24)20-12-8-11(19)4-5-13(12)28-3)22-16-14(29-10(2)18(22)25)6-7-15(21-16)23(26)27/h4-10H,1-3H3,(H,20,24). The molecule has 0 fully saturated rings. The first-order valence-electron chi connectivity index (χ1n) is 8.52. The lowest BCUT2D eigenvalue weighted by molar-refractivity contribution is -0.389. The number of halogens is 1. The van der Waals surface area contributed by atoms with Crippen LogP contribution in [0.4, 0.5) is 17.3 Å². The van der Waals surface area contributed by atoms with Crippen molar-refractivity contribution in [1.29, 1.82) is 0 Å². The van der Waals surface area contributed by atoms with E-state index in [0.717, 1.165) is 4.90 Å².